The molecule has 0 heterocycles. The number of anilines is 1. The molecule has 0 spiro atoms. The number of nitrogens with one attached hydrogen (secondary N) is 2. The number of hydrogen-bond donors (Lipinski definition) is 2. The number of halogens is 1. The van der Waals surface area contributed by atoms with E-state index >= 15 is 0 Å². The lowest BCUT2D eigenvalue weighted by molar-refractivity contribution is 0.593. The van der Waals surface area contributed by atoms with Gasteiger partial charge in [0.1, 0.15) is 0 Å². The summed E-state index contributed by atoms with van der Waals surface area (Å²) in [5.41, 5.74) is 0.471. The molecule has 0 radical (unpaired) electrons. The van der Waals surface area contributed by atoms with Crippen molar-refractivity contribution in [3.8, 4) is 0 Å². The maximum Gasteiger partial charge on any atom is 0.298 e. The molecule has 1 aromatic rings. The van der Waals surface area contributed by atoms with Gasteiger partial charge in [0.15, 0.2) is 0 Å². The molecule has 0 fully saturated rings. The van der Waals surface area contributed by atoms with Gasteiger partial charge < -0.3 is 0 Å². The second-order valence-corrected chi connectivity index (χ2v) is 4.37. The lowest BCUT2D eigenvalue weighted by Crippen LogP contribution is -2.26. The Labute approximate surface area is 82.1 Å². The predicted octanol–water partition coefficient (Wildman–Crippen LogP) is 1.22. The van der Waals surface area contributed by atoms with Gasteiger partial charge in [-0.3, -0.25) is 4.72 Å². The first kappa shape index (κ1) is 10.3. The average molecular weight is 221 g/mol. The van der Waals surface area contributed by atoms with E-state index in [1.165, 1.54) is 7.05 Å². The monoisotopic (exact) mass is 220 g/mol. The standard InChI is InChI=1S/C7H9ClN2O2S/c1-9-13(11,12)10-7-4-2-6(8)3-5-7/h2-5,9-10H,1H3. The van der Waals surface area contributed by atoms with Gasteiger partial charge in [0.2, 0.25) is 0 Å². The third kappa shape index (κ3) is 3.22. The van der Waals surface area contributed by atoms with Crippen LogP contribution in [0.4, 0.5) is 5.69 Å². The molecule has 0 aromatic heterocycles. The Hall–Kier alpha value is -0.780. The van der Waals surface area contributed by atoms with E-state index in [1.807, 2.05) is 0 Å². The summed E-state index contributed by atoms with van der Waals surface area (Å²) in [6.45, 7) is 0. The molecule has 0 aliphatic rings. The normalized spacial score (nSPS) is 11.2. The van der Waals surface area contributed by atoms with Gasteiger partial charge >= 0.3 is 0 Å². The molecule has 0 bridgehead atoms. The molecule has 0 saturated heterocycles. The van der Waals surface area contributed by atoms with Crippen LogP contribution in [0.5, 0.6) is 0 Å². The molecule has 6 heteroatoms. The lowest BCUT2D eigenvalue weighted by Gasteiger charge is -2.05. The van der Waals surface area contributed by atoms with Crippen molar-refractivity contribution < 1.29 is 8.42 Å². The Balaban J connectivity index is 2.82. The SMILES string of the molecule is CNS(=O)(=O)Nc1ccc(Cl)cc1. The van der Waals surface area contributed by atoms with Crippen LogP contribution >= 0.6 is 11.6 Å². The first-order valence-corrected chi connectivity index (χ1v) is 5.36. The minimum Gasteiger partial charge on any atom is -0.271 e. The zero-order valence-corrected chi connectivity index (χ0v) is 8.48. The average Bonchev–Trinajstić information content (AvgIpc) is 2.09. The van der Waals surface area contributed by atoms with Crippen molar-refractivity contribution >= 4 is 27.5 Å². The van der Waals surface area contributed by atoms with E-state index < -0.39 is 10.2 Å². The molecule has 13 heavy (non-hydrogen) atoms. The summed E-state index contributed by atoms with van der Waals surface area (Å²) >= 11 is 5.62. The van der Waals surface area contributed by atoms with Gasteiger partial charge in [-0.15, -0.1) is 0 Å². The Bertz CT molecular complexity index is 374. The van der Waals surface area contributed by atoms with Crippen LogP contribution in [0.1, 0.15) is 0 Å². The summed E-state index contributed by atoms with van der Waals surface area (Å²) < 4.78 is 26.4. The first-order chi connectivity index (χ1) is 6.03. The summed E-state index contributed by atoms with van der Waals surface area (Å²) in [5.74, 6) is 0. The van der Waals surface area contributed by atoms with Crippen molar-refractivity contribution in [2.75, 3.05) is 11.8 Å². The Morgan fingerprint density at radius 3 is 2.23 bits per heavy atom. The highest BCUT2D eigenvalue weighted by atomic mass is 35.5. The second kappa shape index (κ2) is 3.95. The van der Waals surface area contributed by atoms with Crippen LogP contribution < -0.4 is 9.44 Å². The Kier molecular flexibility index (Phi) is 3.13. The summed E-state index contributed by atoms with van der Waals surface area (Å²) in [5, 5.41) is 0.562. The largest absolute Gasteiger partial charge is 0.298 e. The van der Waals surface area contributed by atoms with Crippen LogP contribution in [0, 0.1) is 0 Å². The molecule has 0 aliphatic heterocycles. The van der Waals surface area contributed by atoms with Gasteiger partial charge in [-0.05, 0) is 24.3 Å². The van der Waals surface area contributed by atoms with Gasteiger partial charge in [-0.2, -0.15) is 8.42 Å². The van der Waals surface area contributed by atoms with Gasteiger partial charge in [0.25, 0.3) is 10.2 Å². The maximum absolute atomic E-state index is 11.0. The van der Waals surface area contributed by atoms with E-state index in [1.54, 1.807) is 24.3 Å². The molecule has 0 aliphatic carbocycles. The topological polar surface area (TPSA) is 58.2 Å². The van der Waals surface area contributed by atoms with Crippen molar-refractivity contribution in [2.45, 2.75) is 0 Å². The fourth-order valence-corrected chi connectivity index (χ4v) is 1.40. The molecule has 1 rings (SSSR count). The Morgan fingerprint density at radius 2 is 1.77 bits per heavy atom. The summed E-state index contributed by atoms with van der Waals surface area (Å²) in [6.07, 6.45) is 0. The Morgan fingerprint density at radius 1 is 1.23 bits per heavy atom. The summed E-state index contributed by atoms with van der Waals surface area (Å²) in [7, 11) is -2.10. The third-order valence-electron chi connectivity index (χ3n) is 1.37. The van der Waals surface area contributed by atoms with Gasteiger partial charge in [-0.25, -0.2) is 4.72 Å². The van der Waals surface area contributed by atoms with Crippen molar-refractivity contribution in [2.24, 2.45) is 0 Å². The van der Waals surface area contributed by atoms with Crippen LogP contribution in [0.2, 0.25) is 5.02 Å². The second-order valence-electron chi connectivity index (χ2n) is 2.32. The van der Waals surface area contributed by atoms with E-state index in [4.69, 9.17) is 11.6 Å². The van der Waals surface area contributed by atoms with E-state index in [0.29, 0.717) is 10.7 Å². The van der Waals surface area contributed by atoms with Crippen LogP contribution in [-0.4, -0.2) is 15.5 Å². The van der Waals surface area contributed by atoms with Gasteiger partial charge in [-0.1, -0.05) is 11.6 Å². The van der Waals surface area contributed by atoms with Crippen LogP contribution in [-0.2, 0) is 10.2 Å². The highest BCUT2D eigenvalue weighted by molar-refractivity contribution is 7.90. The molecular weight excluding hydrogens is 212 g/mol. The molecule has 0 amide bonds. The lowest BCUT2D eigenvalue weighted by atomic mass is 10.3. The fourth-order valence-electron chi connectivity index (χ4n) is 0.724. The zero-order valence-electron chi connectivity index (χ0n) is 6.91. The van der Waals surface area contributed by atoms with Crippen molar-refractivity contribution in [1.82, 2.24) is 4.72 Å². The molecule has 4 nitrogen and oxygen atoms in total. The van der Waals surface area contributed by atoms with E-state index in [9.17, 15) is 8.42 Å². The van der Waals surface area contributed by atoms with Crippen molar-refractivity contribution in [3.05, 3.63) is 29.3 Å². The molecule has 72 valence electrons. The van der Waals surface area contributed by atoms with Crippen molar-refractivity contribution in [3.63, 3.8) is 0 Å². The number of benzene rings is 1. The predicted molar refractivity (Wildman–Crippen MR) is 53.1 cm³/mol. The minimum atomic E-state index is -3.43. The number of hydrogen-bond acceptors (Lipinski definition) is 2. The first-order valence-electron chi connectivity index (χ1n) is 3.50. The highest BCUT2D eigenvalue weighted by Gasteiger charge is 2.04. The minimum absolute atomic E-state index is 0.471. The van der Waals surface area contributed by atoms with E-state index in [2.05, 4.69) is 9.44 Å². The molecule has 1 aromatic carbocycles. The smallest absolute Gasteiger partial charge is 0.271 e. The van der Waals surface area contributed by atoms with Crippen LogP contribution in [0.15, 0.2) is 24.3 Å². The molecular formula is C7H9ClN2O2S. The van der Waals surface area contributed by atoms with Crippen LogP contribution in [0.25, 0.3) is 0 Å². The summed E-state index contributed by atoms with van der Waals surface area (Å²) in [4.78, 5) is 0. The van der Waals surface area contributed by atoms with E-state index in [0.717, 1.165) is 0 Å². The summed E-state index contributed by atoms with van der Waals surface area (Å²) in [6, 6.07) is 6.37. The highest BCUT2D eigenvalue weighted by Crippen LogP contribution is 2.13. The molecule has 2 N–H and O–H groups in total. The quantitative estimate of drug-likeness (QED) is 0.805. The van der Waals surface area contributed by atoms with Gasteiger partial charge in [0, 0.05) is 17.8 Å². The fraction of sp³-hybridized carbons (Fsp3) is 0.143. The molecule has 0 unspecified atom stereocenters. The van der Waals surface area contributed by atoms with E-state index in [-0.39, 0.29) is 0 Å². The maximum atomic E-state index is 11.0. The third-order valence-corrected chi connectivity index (χ3v) is 2.66. The molecule has 0 atom stereocenters. The van der Waals surface area contributed by atoms with Gasteiger partial charge in [0.05, 0.1) is 0 Å². The van der Waals surface area contributed by atoms with Crippen LogP contribution in [0.3, 0.4) is 0 Å². The van der Waals surface area contributed by atoms with Crippen molar-refractivity contribution in [1.29, 1.82) is 0 Å². The molecule has 0 saturated carbocycles. The number of rotatable bonds is 3. The zero-order chi connectivity index (χ0) is 9.90.